The summed E-state index contributed by atoms with van der Waals surface area (Å²) in [5, 5.41) is 8.16. The molecular weight excluding hydrogens is 246 g/mol. The quantitative estimate of drug-likeness (QED) is 0.792. The van der Waals surface area contributed by atoms with Crippen LogP contribution in [0.1, 0.15) is 19.4 Å². The lowest BCUT2D eigenvalue weighted by Crippen LogP contribution is -2.55. The largest absolute Gasteiger partial charge is 0.389 e. The number of hydrogen-bond acceptors (Lipinski definition) is 5. The van der Waals surface area contributed by atoms with Crippen LogP contribution in [0.4, 0.5) is 5.82 Å². The molecule has 1 aliphatic rings. The van der Waals surface area contributed by atoms with Crippen molar-refractivity contribution < 1.29 is 0 Å². The van der Waals surface area contributed by atoms with Crippen molar-refractivity contribution >= 4 is 23.0 Å². The van der Waals surface area contributed by atoms with Crippen molar-refractivity contribution in [1.82, 2.24) is 15.1 Å². The van der Waals surface area contributed by atoms with E-state index in [4.69, 9.17) is 18.0 Å². The number of piperazine rings is 1. The molecule has 2 heterocycles. The Morgan fingerprint density at radius 1 is 1.39 bits per heavy atom. The van der Waals surface area contributed by atoms with Crippen molar-refractivity contribution in [3.05, 3.63) is 17.8 Å². The van der Waals surface area contributed by atoms with Gasteiger partial charge in [-0.05, 0) is 27.0 Å². The third-order valence-electron chi connectivity index (χ3n) is 3.63. The highest BCUT2D eigenvalue weighted by molar-refractivity contribution is 7.80. The summed E-state index contributed by atoms with van der Waals surface area (Å²) in [6, 6.07) is 2.77. The second-order valence-corrected chi connectivity index (χ2v) is 5.34. The highest BCUT2D eigenvalue weighted by Gasteiger charge is 2.28. The normalized spacial score (nSPS) is 25.2. The van der Waals surface area contributed by atoms with E-state index < -0.39 is 0 Å². The standard InChI is InChI=1S/C12H19N5S/c1-8-6-17(7-9(2)16(8)3)12-10(11(13)18)4-5-14-15-12/h4-5,8-9H,6-7H2,1-3H3,(H2,13,18). The zero-order valence-electron chi connectivity index (χ0n) is 11.0. The lowest BCUT2D eigenvalue weighted by Gasteiger charge is -2.43. The summed E-state index contributed by atoms with van der Waals surface area (Å²) in [6.07, 6.45) is 1.63. The van der Waals surface area contributed by atoms with Gasteiger partial charge in [0.05, 0.1) is 11.8 Å². The predicted molar refractivity (Wildman–Crippen MR) is 76.8 cm³/mol. The minimum atomic E-state index is 0.374. The molecule has 6 heteroatoms. The molecule has 2 atom stereocenters. The van der Waals surface area contributed by atoms with Crippen LogP contribution in [0.2, 0.25) is 0 Å². The third-order valence-corrected chi connectivity index (χ3v) is 3.85. The van der Waals surface area contributed by atoms with Gasteiger partial charge >= 0.3 is 0 Å². The molecule has 0 radical (unpaired) electrons. The van der Waals surface area contributed by atoms with Crippen LogP contribution in [0.3, 0.4) is 0 Å². The lowest BCUT2D eigenvalue weighted by molar-refractivity contribution is 0.169. The van der Waals surface area contributed by atoms with E-state index in [2.05, 4.69) is 40.9 Å². The second kappa shape index (κ2) is 5.16. The summed E-state index contributed by atoms with van der Waals surface area (Å²) in [5.41, 5.74) is 6.55. The van der Waals surface area contributed by atoms with Crippen LogP contribution in [-0.2, 0) is 0 Å². The first kappa shape index (κ1) is 13.2. The number of anilines is 1. The first-order valence-electron chi connectivity index (χ1n) is 6.09. The van der Waals surface area contributed by atoms with E-state index in [-0.39, 0.29) is 0 Å². The number of nitrogens with zero attached hydrogens (tertiary/aromatic N) is 4. The highest BCUT2D eigenvalue weighted by atomic mass is 32.1. The molecule has 5 nitrogen and oxygen atoms in total. The first-order chi connectivity index (χ1) is 8.50. The van der Waals surface area contributed by atoms with Crippen molar-refractivity contribution in [3.63, 3.8) is 0 Å². The van der Waals surface area contributed by atoms with E-state index in [1.807, 2.05) is 6.07 Å². The Morgan fingerprint density at radius 3 is 2.56 bits per heavy atom. The number of rotatable bonds is 2. The van der Waals surface area contributed by atoms with Crippen LogP contribution < -0.4 is 10.6 Å². The van der Waals surface area contributed by atoms with Gasteiger partial charge in [-0.2, -0.15) is 5.10 Å². The maximum atomic E-state index is 5.74. The summed E-state index contributed by atoms with van der Waals surface area (Å²) in [7, 11) is 2.15. The van der Waals surface area contributed by atoms with Crippen molar-refractivity contribution in [2.75, 3.05) is 25.0 Å². The Labute approximate surface area is 113 Å². The van der Waals surface area contributed by atoms with E-state index in [0.717, 1.165) is 24.5 Å². The minimum Gasteiger partial charge on any atom is -0.389 e. The lowest BCUT2D eigenvalue weighted by atomic mass is 10.1. The van der Waals surface area contributed by atoms with Crippen LogP contribution >= 0.6 is 12.2 Å². The highest BCUT2D eigenvalue weighted by Crippen LogP contribution is 2.22. The van der Waals surface area contributed by atoms with Crippen molar-refractivity contribution in [2.24, 2.45) is 5.73 Å². The van der Waals surface area contributed by atoms with Crippen molar-refractivity contribution in [1.29, 1.82) is 0 Å². The summed E-state index contributed by atoms with van der Waals surface area (Å²) in [6.45, 7) is 6.24. The van der Waals surface area contributed by atoms with E-state index in [1.54, 1.807) is 6.20 Å². The van der Waals surface area contributed by atoms with Crippen LogP contribution in [0.5, 0.6) is 0 Å². The fourth-order valence-corrected chi connectivity index (χ4v) is 2.49. The Kier molecular flexibility index (Phi) is 3.77. The van der Waals surface area contributed by atoms with Crippen LogP contribution in [0.25, 0.3) is 0 Å². The Bertz CT molecular complexity index is 438. The first-order valence-corrected chi connectivity index (χ1v) is 6.50. The molecule has 1 aromatic rings. The van der Waals surface area contributed by atoms with Gasteiger partial charge < -0.3 is 10.6 Å². The second-order valence-electron chi connectivity index (χ2n) is 4.90. The van der Waals surface area contributed by atoms with Gasteiger partial charge in [-0.3, -0.25) is 4.90 Å². The Hall–Kier alpha value is -1.27. The average molecular weight is 265 g/mol. The van der Waals surface area contributed by atoms with Gasteiger partial charge in [0.1, 0.15) is 4.99 Å². The van der Waals surface area contributed by atoms with Crippen molar-refractivity contribution in [3.8, 4) is 0 Å². The maximum Gasteiger partial charge on any atom is 0.161 e. The van der Waals surface area contributed by atoms with Crippen LogP contribution in [-0.4, -0.2) is 52.3 Å². The smallest absolute Gasteiger partial charge is 0.161 e. The summed E-state index contributed by atoms with van der Waals surface area (Å²) in [5.74, 6) is 0.803. The number of likely N-dealkylation sites (N-methyl/N-ethyl adjacent to an activating group) is 1. The van der Waals surface area contributed by atoms with Gasteiger partial charge in [0.15, 0.2) is 5.82 Å². The van der Waals surface area contributed by atoms with Crippen LogP contribution in [0, 0.1) is 0 Å². The minimum absolute atomic E-state index is 0.374. The van der Waals surface area contributed by atoms with Gasteiger partial charge in [-0.1, -0.05) is 12.2 Å². The average Bonchev–Trinajstić information content (AvgIpc) is 2.35. The zero-order chi connectivity index (χ0) is 13.3. The summed E-state index contributed by atoms with van der Waals surface area (Å²) >= 11 is 5.07. The van der Waals surface area contributed by atoms with Gasteiger partial charge in [0, 0.05) is 25.2 Å². The number of hydrogen-bond donors (Lipinski definition) is 1. The molecule has 2 N–H and O–H groups in total. The molecule has 1 aromatic heterocycles. The van der Waals surface area contributed by atoms with Crippen LogP contribution in [0.15, 0.2) is 12.3 Å². The summed E-state index contributed by atoms with van der Waals surface area (Å²) in [4.78, 5) is 4.96. The predicted octanol–water partition coefficient (Wildman–Crippen LogP) is 0.640. The topological polar surface area (TPSA) is 58.3 Å². The molecule has 1 aliphatic heterocycles. The monoisotopic (exact) mass is 265 g/mol. The van der Waals surface area contributed by atoms with Gasteiger partial charge in [0.25, 0.3) is 0 Å². The molecule has 0 spiro atoms. The Morgan fingerprint density at radius 2 is 2.00 bits per heavy atom. The molecule has 0 aliphatic carbocycles. The van der Waals surface area contributed by atoms with Gasteiger partial charge in [0.2, 0.25) is 0 Å². The Balaban J connectivity index is 2.30. The molecular formula is C12H19N5S. The van der Waals surface area contributed by atoms with E-state index >= 15 is 0 Å². The molecule has 0 amide bonds. The number of thiocarbonyl (C=S) groups is 1. The third kappa shape index (κ3) is 2.44. The molecule has 0 saturated carbocycles. The molecule has 1 saturated heterocycles. The molecule has 0 bridgehead atoms. The fourth-order valence-electron chi connectivity index (χ4n) is 2.33. The fraction of sp³-hybridized carbons (Fsp3) is 0.583. The van der Waals surface area contributed by atoms with E-state index in [9.17, 15) is 0 Å². The van der Waals surface area contributed by atoms with E-state index in [0.29, 0.717) is 17.1 Å². The molecule has 0 aromatic carbocycles. The van der Waals surface area contributed by atoms with Crippen molar-refractivity contribution in [2.45, 2.75) is 25.9 Å². The molecule has 2 unspecified atom stereocenters. The van der Waals surface area contributed by atoms with Gasteiger partial charge in [-0.15, -0.1) is 5.10 Å². The number of nitrogens with two attached hydrogens (primary N) is 1. The maximum absolute atomic E-state index is 5.74. The zero-order valence-corrected chi connectivity index (χ0v) is 11.8. The van der Waals surface area contributed by atoms with Gasteiger partial charge in [-0.25, -0.2) is 0 Å². The molecule has 1 fully saturated rings. The molecule has 98 valence electrons. The molecule has 2 rings (SSSR count). The van der Waals surface area contributed by atoms with E-state index in [1.165, 1.54) is 0 Å². The SMILES string of the molecule is CC1CN(c2nnccc2C(N)=S)CC(C)N1C. The summed E-state index contributed by atoms with van der Waals surface area (Å²) < 4.78 is 0. The molecule has 18 heavy (non-hydrogen) atoms. The number of aromatic nitrogens is 2.